The van der Waals surface area contributed by atoms with Crippen LogP contribution in [0.1, 0.15) is 27.1 Å². The quantitative estimate of drug-likeness (QED) is 0.290. The van der Waals surface area contributed by atoms with Gasteiger partial charge in [0.2, 0.25) is 5.91 Å². The van der Waals surface area contributed by atoms with Crippen molar-refractivity contribution in [3.05, 3.63) is 87.6 Å². The van der Waals surface area contributed by atoms with Crippen LogP contribution in [0.2, 0.25) is 0 Å². The van der Waals surface area contributed by atoms with Crippen LogP contribution in [0.4, 0.5) is 10.5 Å². The zero-order chi connectivity index (χ0) is 27.7. The molecule has 1 aromatic heterocycles. The fourth-order valence-electron chi connectivity index (χ4n) is 3.99. The Kier molecular flexibility index (Phi) is 10.4. The van der Waals surface area contributed by atoms with Crippen LogP contribution in [0, 0.1) is 20.8 Å². The molecule has 2 aromatic carbocycles. The summed E-state index contributed by atoms with van der Waals surface area (Å²) in [4.78, 5) is 31.1. The highest BCUT2D eigenvalue weighted by Crippen LogP contribution is 2.28. The van der Waals surface area contributed by atoms with Gasteiger partial charge in [-0.25, -0.2) is 4.79 Å². The van der Waals surface area contributed by atoms with Gasteiger partial charge in [0.1, 0.15) is 6.54 Å². The highest BCUT2D eigenvalue weighted by atomic mass is 32.1. The molecular formula is C30H37N3O4S. The third-order valence-electron chi connectivity index (χ3n) is 6.49. The van der Waals surface area contributed by atoms with Crippen molar-refractivity contribution in [1.82, 2.24) is 9.80 Å². The van der Waals surface area contributed by atoms with E-state index >= 15 is 0 Å². The summed E-state index contributed by atoms with van der Waals surface area (Å²) in [5, 5.41) is 4.95. The summed E-state index contributed by atoms with van der Waals surface area (Å²) in [7, 11) is 3.21. The van der Waals surface area contributed by atoms with Crippen molar-refractivity contribution >= 4 is 29.0 Å². The number of hydrogen-bond acceptors (Lipinski definition) is 5. The van der Waals surface area contributed by atoms with Crippen LogP contribution in [0.3, 0.4) is 0 Å². The van der Waals surface area contributed by atoms with E-state index in [1.807, 2.05) is 67.4 Å². The summed E-state index contributed by atoms with van der Waals surface area (Å²) in [6, 6.07) is 13.2. The molecule has 3 rings (SSSR count). The number of ether oxygens (including phenoxy) is 2. The molecular weight excluding hydrogens is 498 g/mol. The average Bonchev–Trinajstić information content (AvgIpc) is 3.31. The molecule has 1 heterocycles. The molecule has 0 radical (unpaired) electrons. The number of methoxy groups -OCH3 is 2. The van der Waals surface area contributed by atoms with Crippen LogP contribution in [0.15, 0.2) is 60.5 Å². The second-order valence-electron chi connectivity index (χ2n) is 9.18. The van der Waals surface area contributed by atoms with Crippen molar-refractivity contribution in [3.8, 4) is 11.5 Å². The average molecular weight is 536 g/mol. The van der Waals surface area contributed by atoms with Crippen molar-refractivity contribution in [2.24, 2.45) is 0 Å². The first kappa shape index (κ1) is 28.8. The zero-order valence-corrected chi connectivity index (χ0v) is 23.7. The summed E-state index contributed by atoms with van der Waals surface area (Å²) in [6.45, 7) is 11.0. The first-order chi connectivity index (χ1) is 18.2. The van der Waals surface area contributed by atoms with Crippen molar-refractivity contribution in [3.63, 3.8) is 0 Å². The van der Waals surface area contributed by atoms with Crippen LogP contribution in [0.25, 0.3) is 0 Å². The Bertz CT molecular complexity index is 1270. The standard InChI is InChI=1S/C30H37N3O4S/c1-7-14-33(30(35)31-25-10-8-21(2)23(4)17-25)20-29(34)32(19-28-22(3)13-16-38-28)15-12-24-9-11-26(36-5)27(18-24)37-6/h7-11,13,16-18H,1,12,14-15,19-20H2,2-6H3,(H,31,35). The van der Waals surface area contributed by atoms with Gasteiger partial charge in [0.25, 0.3) is 0 Å². The maximum atomic E-state index is 13.6. The van der Waals surface area contributed by atoms with Gasteiger partial charge in [-0.15, -0.1) is 17.9 Å². The first-order valence-corrected chi connectivity index (χ1v) is 13.4. The van der Waals surface area contributed by atoms with Crippen LogP contribution in [-0.4, -0.2) is 55.6 Å². The molecule has 0 aliphatic heterocycles. The Morgan fingerprint density at radius 1 is 0.947 bits per heavy atom. The molecule has 0 fully saturated rings. The Morgan fingerprint density at radius 3 is 2.34 bits per heavy atom. The summed E-state index contributed by atoms with van der Waals surface area (Å²) in [5.74, 6) is 1.18. The number of carbonyl (C=O) groups excluding carboxylic acids is 2. The highest BCUT2D eigenvalue weighted by molar-refractivity contribution is 7.10. The van der Waals surface area contributed by atoms with Crippen LogP contribution in [-0.2, 0) is 17.8 Å². The number of anilines is 1. The van der Waals surface area contributed by atoms with Crippen molar-refractivity contribution < 1.29 is 19.1 Å². The minimum Gasteiger partial charge on any atom is -0.493 e. The molecule has 3 aromatic rings. The SMILES string of the molecule is C=CCN(CC(=O)N(CCc1ccc(OC)c(OC)c1)Cc1sccc1C)C(=O)Nc1ccc(C)c(C)c1. The third kappa shape index (κ3) is 7.61. The predicted octanol–water partition coefficient (Wildman–Crippen LogP) is 5.98. The van der Waals surface area contributed by atoms with Gasteiger partial charge < -0.3 is 24.6 Å². The lowest BCUT2D eigenvalue weighted by atomic mass is 10.1. The summed E-state index contributed by atoms with van der Waals surface area (Å²) in [6.07, 6.45) is 2.26. The van der Waals surface area contributed by atoms with Gasteiger partial charge in [-0.05, 0) is 85.2 Å². The highest BCUT2D eigenvalue weighted by Gasteiger charge is 2.22. The third-order valence-corrected chi connectivity index (χ3v) is 7.50. The molecule has 7 nitrogen and oxygen atoms in total. The van der Waals surface area contributed by atoms with Gasteiger partial charge in [0, 0.05) is 23.7 Å². The van der Waals surface area contributed by atoms with Gasteiger partial charge in [0.05, 0.1) is 20.8 Å². The molecule has 1 N–H and O–H groups in total. The maximum Gasteiger partial charge on any atom is 0.322 e. The number of urea groups is 1. The molecule has 0 saturated heterocycles. The van der Waals surface area contributed by atoms with Crippen LogP contribution < -0.4 is 14.8 Å². The number of rotatable bonds is 12. The number of aryl methyl sites for hydroxylation is 3. The van der Waals surface area contributed by atoms with E-state index in [0.717, 1.165) is 27.1 Å². The van der Waals surface area contributed by atoms with Crippen LogP contribution >= 0.6 is 11.3 Å². The number of thiophene rings is 1. The molecule has 38 heavy (non-hydrogen) atoms. The van der Waals surface area contributed by atoms with Crippen molar-refractivity contribution in [2.45, 2.75) is 33.7 Å². The number of benzene rings is 2. The van der Waals surface area contributed by atoms with E-state index in [1.54, 1.807) is 31.6 Å². The monoisotopic (exact) mass is 535 g/mol. The number of amides is 3. The smallest absolute Gasteiger partial charge is 0.322 e. The van der Waals surface area contributed by atoms with Crippen molar-refractivity contribution in [1.29, 1.82) is 0 Å². The summed E-state index contributed by atoms with van der Waals surface area (Å²) < 4.78 is 10.8. The van der Waals surface area contributed by atoms with Crippen molar-refractivity contribution in [2.75, 3.05) is 39.2 Å². The molecule has 0 aliphatic carbocycles. The predicted molar refractivity (Wildman–Crippen MR) is 154 cm³/mol. The maximum absolute atomic E-state index is 13.6. The number of nitrogens with zero attached hydrogens (tertiary/aromatic N) is 2. The second kappa shape index (κ2) is 13.7. The number of nitrogens with one attached hydrogen (secondary N) is 1. The second-order valence-corrected chi connectivity index (χ2v) is 10.2. The fraction of sp³-hybridized carbons (Fsp3) is 0.333. The van der Waals surface area contributed by atoms with E-state index in [2.05, 4.69) is 18.0 Å². The van der Waals surface area contributed by atoms with E-state index in [1.165, 1.54) is 4.90 Å². The molecule has 0 bridgehead atoms. The Morgan fingerprint density at radius 2 is 1.71 bits per heavy atom. The topological polar surface area (TPSA) is 71.1 Å². The van der Waals surface area contributed by atoms with E-state index in [9.17, 15) is 9.59 Å². The number of hydrogen-bond donors (Lipinski definition) is 1. The van der Waals surface area contributed by atoms with Crippen LogP contribution in [0.5, 0.6) is 11.5 Å². The minimum atomic E-state index is -0.339. The molecule has 0 atom stereocenters. The lowest BCUT2D eigenvalue weighted by molar-refractivity contribution is -0.132. The number of carbonyl (C=O) groups is 2. The van der Waals surface area contributed by atoms with Gasteiger partial charge >= 0.3 is 6.03 Å². The molecule has 0 saturated carbocycles. The lowest BCUT2D eigenvalue weighted by Gasteiger charge is -2.27. The van der Waals surface area contributed by atoms with E-state index in [-0.39, 0.29) is 25.0 Å². The molecule has 3 amide bonds. The van der Waals surface area contributed by atoms with Gasteiger partial charge in [0.15, 0.2) is 11.5 Å². The Balaban J connectivity index is 1.76. The van der Waals surface area contributed by atoms with E-state index in [4.69, 9.17) is 9.47 Å². The molecule has 0 aliphatic rings. The lowest BCUT2D eigenvalue weighted by Crippen LogP contribution is -2.44. The summed E-state index contributed by atoms with van der Waals surface area (Å²) in [5.41, 5.74) is 5.10. The zero-order valence-electron chi connectivity index (χ0n) is 22.9. The van der Waals surface area contributed by atoms with E-state index < -0.39 is 0 Å². The Hall–Kier alpha value is -3.78. The van der Waals surface area contributed by atoms with Gasteiger partial charge in [-0.1, -0.05) is 18.2 Å². The fourth-order valence-corrected chi connectivity index (χ4v) is 4.91. The van der Waals surface area contributed by atoms with E-state index in [0.29, 0.717) is 36.7 Å². The molecule has 8 heteroatoms. The van der Waals surface area contributed by atoms with Gasteiger partial charge in [-0.3, -0.25) is 4.79 Å². The first-order valence-electron chi connectivity index (χ1n) is 12.5. The van der Waals surface area contributed by atoms with Gasteiger partial charge in [-0.2, -0.15) is 0 Å². The summed E-state index contributed by atoms with van der Waals surface area (Å²) >= 11 is 1.63. The minimum absolute atomic E-state index is 0.0565. The Labute approximate surface area is 229 Å². The molecule has 0 unspecified atom stereocenters. The molecule has 202 valence electrons. The largest absolute Gasteiger partial charge is 0.493 e. The normalized spacial score (nSPS) is 10.6. The molecule has 0 spiro atoms.